The number of imidazole rings is 1. The lowest BCUT2D eigenvalue weighted by molar-refractivity contribution is 1.08. The standard InChI is InChI=1S/C51H41N5/c1-34-14-21-42(22-15-34)55(43-23-16-35(2)17-24-43)44-25-27-46(37(4)31-44)45-26-18-38(30-36(45)3)47-28-19-39(32-52-47)40-20-29-49(53-33-40)51-54-48-12-8-9-13-50(48)56(51)41-10-6-5-7-11-41/h5-33H,1-4H3. The highest BCUT2D eigenvalue weighted by Gasteiger charge is 2.17. The van der Waals surface area contributed by atoms with Gasteiger partial charge in [-0.25, -0.2) is 4.98 Å². The van der Waals surface area contributed by atoms with Crippen LogP contribution in [0.2, 0.25) is 0 Å². The zero-order valence-electron chi connectivity index (χ0n) is 32.0. The van der Waals surface area contributed by atoms with Gasteiger partial charge in [-0.2, -0.15) is 0 Å². The first-order chi connectivity index (χ1) is 27.4. The molecule has 5 heteroatoms. The Kier molecular flexibility index (Phi) is 9.04. The van der Waals surface area contributed by atoms with Gasteiger partial charge in [0.05, 0.1) is 16.7 Å². The fraction of sp³-hybridized carbons (Fsp3) is 0.0784. The fourth-order valence-corrected chi connectivity index (χ4v) is 7.52. The van der Waals surface area contributed by atoms with E-state index >= 15 is 0 Å². The average molecular weight is 724 g/mol. The van der Waals surface area contributed by atoms with Crippen LogP contribution in [-0.4, -0.2) is 19.5 Å². The van der Waals surface area contributed by atoms with E-state index in [1.807, 2.05) is 54.9 Å². The highest BCUT2D eigenvalue weighted by Crippen LogP contribution is 2.38. The largest absolute Gasteiger partial charge is 0.310 e. The Bertz CT molecular complexity index is 2760. The minimum Gasteiger partial charge on any atom is -0.310 e. The van der Waals surface area contributed by atoms with Gasteiger partial charge in [0.15, 0.2) is 5.82 Å². The number of fused-ring (bicyclic) bond motifs is 1. The van der Waals surface area contributed by atoms with Crippen molar-refractivity contribution >= 4 is 28.1 Å². The third-order valence-electron chi connectivity index (χ3n) is 10.5. The molecule has 0 aliphatic carbocycles. The van der Waals surface area contributed by atoms with Gasteiger partial charge in [0, 0.05) is 51.8 Å². The maximum atomic E-state index is 4.97. The monoisotopic (exact) mass is 723 g/mol. The summed E-state index contributed by atoms with van der Waals surface area (Å²) >= 11 is 0. The Morgan fingerprint density at radius 3 is 1.57 bits per heavy atom. The van der Waals surface area contributed by atoms with Gasteiger partial charge in [-0.1, -0.05) is 96.1 Å². The topological polar surface area (TPSA) is 46.8 Å². The summed E-state index contributed by atoms with van der Waals surface area (Å²) in [5, 5.41) is 0. The molecule has 3 heterocycles. The lowest BCUT2D eigenvalue weighted by Crippen LogP contribution is -2.10. The molecule has 0 unspecified atom stereocenters. The van der Waals surface area contributed by atoms with Crippen molar-refractivity contribution in [1.29, 1.82) is 0 Å². The van der Waals surface area contributed by atoms with Crippen LogP contribution < -0.4 is 4.90 Å². The van der Waals surface area contributed by atoms with Crippen LogP contribution in [0.15, 0.2) is 176 Å². The third kappa shape index (κ3) is 6.65. The molecule has 9 aromatic rings. The fourth-order valence-electron chi connectivity index (χ4n) is 7.52. The van der Waals surface area contributed by atoms with Gasteiger partial charge in [0.25, 0.3) is 0 Å². The molecule has 3 aromatic heterocycles. The minimum atomic E-state index is 0.814. The summed E-state index contributed by atoms with van der Waals surface area (Å²) in [6.07, 6.45) is 3.85. The molecule has 0 bridgehead atoms. The zero-order valence-corrected chi connectivity index (χ0v) is 32.0. The second-order valence-corrected chi connectivity index (χ2v) is 14.5. The molecule has 5 nitrogen and oxygen atoms in total. The number of para-hydroxylation sites is 3. The summed E-state index contributed by atoms with van der Waals surface area (Å²) in [6, 6.07) is 57.8. The number of rotatable bonds is 8. The average Bonchev–Trinajstić information content (AvgIpc) is 3.63. The van der Waals surface area contributed by atoms with Crippen LogP contribution in [-0.2, 0) is 0 Å². The van der Waals surface area contributed by atoms with Crippen molar-refractivity contribution in [2.24, 2.45) is 0 Å². The summed E-state index contributed by atoms with van der Waals surface area (Å²) < 4.78 is 2.17. The van der Waals surface area contributed by atoms with Crippen LogP contribution in [0.3, 0.4) is 0 Å². The molecular weight excluding hydrogens is 683 g/mol. The molecule has 0 atom stereocenters. The normalized spacial score (nSPS) is 11.2. The number of anilines is 3. The zero-order chi connectivity index (χ0) is 38.2. The smallest absolute Gasteiger partial charge is 0.164 e. The molecular formula is C51H41N5. The van der Waals surface area contributed by atoms with Crippen molar-refractivity contribution in [3.63, 3.8) is 0 Å². The Morgan fingerprint density at radius 2 is 0.982 bits per heavy atom. The van der Waals surface area contributed by atoms with Crippen LogP contribution in [0.25, 0.3) is 61.8 Å². The third-order valence-corrected chi connectivity index (χ3v) is 10.5. The number of nitrogens with zero attached hydrogens (tertiary/aromatic N) is 5. The molecule has 0 N–H and O–H groups in total. The van der Waals surface area contributed by atoms with E-state index in [1.165, 1.54) is 33.4 Å². The van der Waals surface area contributed by atoms with E-state index in [2.05, 4.69) is 158 Å². The maximum Gasteiger partial charge on any atom is 0.164 e. The quantitative estimate of drug-likeness (QED) is 0.157. The molecule has 0 radical (unpaired) electrons. The van der Waals surface area contributed by atoms with E-state index < -0.39 is 0 Å². The van der Waals surface area contributed by atoms with Gasteiger partial charge >= 0.3 is 0 Å². The summed E-state index contributed by atoms with van der Waals surface area (Å²) in [6.45, 7) is 8.64. The predicted octanol–water partition coefficient (Wildman–Crippen LogP) is 13.2. The lowest BCUT2D eigenvalue weighted by atomic mass is 9.93. The maximum absolute atomic E-state index is 4.97. The van der Waals surface area contributed by atoms with Crippen molar-refractivity contribution in [3.05, 3.63) is 198 Å². The molecule has 6 aromatic carbocycles. The van der Waals surface area contributed by atoms with Crippen molar-refractivity contribution in [2.45, 2.75) is 27.7 Å². The first kappa shape index (κ1) is 34.6. The van der Waals surface area contributed by atoms with Crippen molar-refractivity contribution < 1.29 is 0 Å². The van der Waals surface area contributed by atoms with E-state index in [0.29, 0.717) is 0 Å². The highest BCUT2D eigenvalue weighted by molar-refractivity contribution is 5.84. The molecule has 270 valence electrons. The Balaban J connectivity index is 0.960. The summed E-state index contributed by atoms with van der Waals surface area (Å²) in [4.78, 5) is 17.1. The second-order valence-electron chi connectivity index (χ2n) is 14.5. The molecule has 0 spiro atoms. The van der Waals surface area contributed by atoms with Crippen LogP contribution in [0, 0.1) is 27.7 Å². The molecule has 56 heavy (non-hydrogen) atoms. The number of pyridine rings is 2. The molecule has 9 rings (SSSR count). The summed E-state index contributed by atoms with van der Waals surface area (Å²) in [5.74, 6) is 0.814. The van der Waals surface area contributed by atoms with Gasteiger partial charge in [-0.3, -0.25) is 14.5 Å². The predicted molar refractivity (Wildman–Crippen MR) is 232 cm³/mol. The Morgan fingerprint density at radius 1 is 0.446 bits per heavy atom. The van der Waals surface area contributed by atoms with Crippen molar-refractivity contribution in [3.8, 4) is 50.7 Å². The van der Waals surface area contributed by atoms with Crippen LogP contribution >= 0.6 is 0 Å². The van der Waals surface area contributed by atoms with Crippen LogP contribution in [0.4, 0.5) is 17.1 Å². The van der Waals surface area contributed by atoms with E-state index in [4.69, 9.17) is 15.0 Å². The van der Waals surface area contributed by atoms with Crippen molar-refractivity contribution in [2.75, 3.05) is 4.90 Å². The SMILES string of the molecule is Cc1ccc(N(c2ccc(C)cc2)c2ccc(-c3ccc(-c4ccc(-c5ccc(-c6nc7ccccc7n6-c6ccccc6)nc5)cn4)cc3C)c(C)c2)cc1. The first-order valence-corrected chi connectivity index (χ1v) is 19.0. The van der Waals surface area contributed by atoms with Gasteiger partial charge in [-0.05, 0) is 129 Å². The number of benzene rings is 6. The molecule has 0 aliphatic rings. The number of hydrogen-bond acceptors (Lipinski definition) is 4. The second kappa shape index (κ2) is 14.6. The molecule has 0 amide bonds. The highest BCUT2D eigenvalue weighted by atomic mass is 15.1. The minimum absolute atomic E-state index is 0.814. The van der Waals surface area contributed by atoms with Gasteiger partial charge < -0.3 is 4.90 Å². The van der Waals surface area contributed by atoms with Gasteiger partial charge in [-0.15, -0.1) is 0 Å². The van der Waals surface area contributed by atoms with E-state index in [0.717, 1.165) is 67.7 Å². The van der Waals surface area contributed by atoms with E-state index in [1.54, 1.807) is 0 Å². The van der Waals surface area contributed by atoms with E-state index in [-0.39, 0.29) is 0 Å². The van der Waals surface area contributed by atoms with Crippen LogP contribution in [0.5, 0.6) is 0 Å². The van der Waals surface area contributed by atoms with Gasteiger partial charge in [0.1, 0.15) is 5.69 Å². The molecule has 0 saturated carbocycles. The first-order valence-electron chi connectivity index (χ1n) is 19.0. The molecule has 0 aliphatic heterocycles. The Hall–Kier alpha value is -7.11. The lowest BCUT2D eigenvalue weighted by Gasteiger charge is -2.26. The summed E-state index contributed by atoms with van der Waals surface area (Å²) in [7, 11) is 0. The number of aromatic nitrogens is 4. The van der Waals surface area contributed by atoms with Crippen LogP contribution in [0.1, 0.15) is 22.3 Å². The Labute approximate surface area is 328 Å². The number of hydrogen-bond donors (Lipinski definition) is 0. The molecule has 0 fully saturated rings. The van der Waals surface area contributed by atoms with Crippen molar-refractivity contribution in [1.82, 2.24) is 19.5 Å². The number of aryl methyl sites for hydroxylation is 4. The molecule has 0 saturated heterocycles. The van der Waals surface area contributed by atoms with Gasteiger partial charge in [0.2, 0.25) is 0 Å². The van der Waals surface area contributed by atoms with E-state index in [9.17, 15) is 0 Å². The summed E-state index contributed by atoms with van der Waals surface area (Å²) in [5.41, 5.74) is 18.7.